The summed E-state index contributed by atoms with van der Waals surface area (Å²) >= 11 is 0. The van der Waals surface area contributed by atoms with Crippen LogP contribution in [0.15, 0.2) is 0 Å². The summed E-state index contributed by atoms with van der Waals surface area (Å²) in [5, 5.41) is 0. The molecule has 0 rings (SSSR count). The van der Waals surface area contributed by atoms with Gasteiger partial charge in [0.15, 0.2) is 0 Å². The molecule has 0 fully saturated rings. The average Bonchev–Trinajstić information content (AvgIpc) is 2.05. The molecule has 0 spiro atoms. The molecule has 0 aromatic carbocycles. The average molecular weight is 175 g/mol. The van der Waals surface area contributed by atoms with Gasteiger partial charge in [0.05, 0.1) is 6.61 Å². The summed E-state index contributed by atoms with van der Waals surface area (Å²) in [6, 6.07) is 0. The van der Waals surface area contributed by atoms with Gasteiger partial charge in [0, 0.05) is 0 Å². The molecule has 1 atom stereocenters. The Morgan fingerprint density at radius 3 is 2.75 bits per heavy atom. The molecule has 0 aliphatic heterocycles. The van der Waals surface area contributed by atoms with E-state index in [0.29, 0.717) is 6.61 Å². The number of carbonyl (C=O) groups excluding carboxylic acids is 1. The Morgan fingerprint density at radius 2 is 2.25 bits per heavy atom. The van der Waals surface area contributed by atoms with Crippen LogP contribution in [0.1, 0.15) is 26.7 Å². The van der Waals surface area contributed by atoms with E-state index in [9.17, 15) is 4.79 Å². The van der Waals surface area contributed by atoms with Gasteiger partial charge in [-0.2, -0.15) is 0 Å². The molecule has 0 N–H and O–H groups in total. The molecule has 1 unspecified atom stereocenters. The summed E-state index contributed by atoms with van der Waals surface area (Å²) in [6.07, 6.45) is 0.615. The quantitative estimate of drug-likeness (QED) is 0.364. The number of hydrogen-bond donors (Lipinski definition) is 0. The minimum atomic E-state index is -0.820. The van der Waals surface area contributed by atoms with Gasteiger partial charge < -0.3 is 14.2 Å². The van der Waals surface area contributed by atoms with Crippen molar-refractivity contribution in [1.82, 2.24) is 0 Å². The maximum atomic E-state index is 10.5. The van der Waals surface area contributed by atoms with Gasteiger partial charge in [0.1, 0.15) is 7.11 Å². The molecule has 4 heteroatoms. The fourth-order valence-electron chi connectivity index (χ4n) is 0.597. The lowest BCUT2D eigenvalue weighted by Gasteiger charge is -2.11. The summed E-state index contributed by atoms with van der Waals surface area (Å²) in [4.78, 5) is 10.5. The Hall–Kier alpha value is -0.770. The fraction of sp³-hybridized carbons (Fsp3) is 0.750. The predicted molar refractivity (Wildman–Crippen MR) is 43.2 cm³/mol. The van der Waals surface area contributed by atoms with E-state index in [1.165, 1.54) is 0 Å². The highest BCUT2D eigenvalue weighted by molar-refractivity contribution is 5.59. The molecule has 71 valence electrons. The topological polar surface area (TPSA) is 44.8 Å². The molecular formula is C8H15O4. The van der Waals surface area contributed by atoms with Crippen molar-refractivity contribution in [2.24, 2.45) is 0 Å². The molecule has 4 nitrogen and oxygen atoms in total. The van der Waals surface area contributed by atoms with Gasteiger partial charge in [-0.3, -0.25) is 0 Å². The molecule has 0 aliphatic rings. The van der Waals surface area contributed by atoms with Gasteiger partial charge >= 0.3 is 6.16 Å². The van der Waals surface area contributed by atoms with E-state index in [-0.39, 0.29) is 0 Å². The smallest absolute Gasteiger partial charge is 0.431 e. The van der Waals surface area contributed by atoms with Crippen molar-refractivity contribution in [3.8, 4) is 0 Å². The molecule has 12 heavy (non-hydrogen) atoms. The standard InChI is InChI=1S/C8H15O4/c1-4-5-6-11-7(2)12-8(9)10-3/h7H,3-6H2,1-2H3. The van der Waals surface area contributed by atoms with Gasteiger partial charge in [-0.15, -0.1) is 0 Å². The first kappa shape index (κ1) is 11.2. The van der Waals surface area contributed by atoms with Crippen LogP contribution in [0, 0.1) is 7.11 Å². The Kier molecular flexibility index (Phi) is 6.47. The first-order valence-electron chi connectivity index (χ1n) is 3.95. The highest BCUT2D eigenvalue weighted by Gasteiger charge is 2.07. The normalized spacial score (nSPS) is 12.2. The Labute approximate surface area is 72.8 Å². The zero-order chi connectivity index (χ0) is 9.40. The molecule has 0 heterocycles. The van der Waals surface area contributed by atoms with Gasteiger partial charge in [-0.25, -0.2) is 4.79 Å². The Bertz CT molecular complexity index is 124. The molecule has 0 amide bonds. The van der Waals surface area contributed by atoms with Gasteiger partial charge in [-0.1, -0.05) is 13.3 Å². The molecule has 0 aromatic heterocycles. The maximum absolute atomic E-state index is 10.5. The largest absolute Gasteiger partial charge is 0.510 e. The molecule has 1 radical (unpaired) electrons. The van der Waals surface area contributed by atoms with Crippen LogP contribution in [-0.4, -0.2) is 19.1 Å². The van der Waals surface area contributed by atoms with Gasteiger partial charge in [0.25, 0.3) is 0 Å². The van der Waals surface area contributed by atoms with Crippen LogP contribution < -0.4 is 0 Å². The zero-order valence-electron chi connectivity index (χ0n) is 7.54. The van der Waals surface area contributed by atoms with Crippen LogP contribution in [0.3, 0.4) is 0 Å². The predicted octanol–water partition coefficient (Wildman–Crippen LogP) is 2.09. The van der Waals surface area contributed by atoms with Crippen LogP contribution in [0.5, 0.6) is 0 Å². The summed E-state index contributed by atoms with van der Waals surface area (Å²) in [5.74, 6) is 0. The fourth-order valence-corrected chi connectivity index (χ4v) is 0.597. The van der Waals surface area contributed by atoms with E-state index in [2.05, 4.69) is 23.5 Å². The molecule has 0 aliphatic carbocycles. The van der Waals surface area contributed by atoms with E-state index in [0.717, 1.165) is 12.8 Å². The second-order valence-corrected chi connectivity index (χ2v) is 2.30. The lowest BCUT2D eigenvalue weighted by Crippen LogP contribution is -2.18. The van der Waals surface area contributed by atoms with Crippen LogP contribution in [0.25, 0.3) is 0 Å². The minimum Gasteiger partial charge on any atom is -0.431 e. The van der Waals surface area contributed by atoms with Crippen molar-refractivity contribution in [2.75, 3.05) is 6.61 Å². The second-order valence-electron chi connectivity index (χ2n) is 2.30. The minimum absolute atomic E-state index is 0.564. The first-order chi connectivity index (χ1) is 5.70. The molecule has 0 bridgehead atoms. The lowest BCUT2D eigenvalue weighted by molar-refractivity contribution is -0.106. The van der Waals surface area contributed by atoms with Gasteiger partial charge in [-0.05, 0) is 13.3 Å². The highest BCUT2D eigenvalue weighted by atomic mass is 16.8. The van der Waals surface area contributed by atoms with Crippen LogP contribution >= 0.6 is 0 Å². The summed E-state index contributed by atoms with van der Waals surface area (Å²) in [5.41, 5.74) is 0. The summed E-state index contributed by atoms with van der Waals surface area (Å²) in [7, 11) is 2.91. The Morgan fingerprint density at radius 1 is 1.58 bits per heavy atom. The first-order valence-corrected chi connectivity index (χ1v) is 3.95. The third-order valence-electron chi connectivity index (χ3n) is 1.23. The molecule has 0 saturated carbocycles. The van der Waals surface area contributed by atoms with E-state index >= 15 is 0 Å². The van der Waals surface area contributed by atoms with E-state index in [1.54, 1.807) is 6.92 Å². The number of rotatable bonds is 5. The zero-order valence-corrected chi connectivity index (χ0v) is 7.54. The van der Waals surface area contributed by atoms with E-state index in [4.69, 9.17) is 4.74 Å². The number of ether oxygens (including phenoxy) is 3. The van der Waals surface area contributed by atoms with Crippen molar-refractivity contribution in [3.63, 3.8) is 0 Å². The van der Waals surface area contributed by atoms with Gasteiger partial charge in [0.2, 0.25) is 6.29 Å². The molecule has 0 aromatic rings. The van der Waals surface area contributed by atoms with Crippen LogP contribution in [0.4, 0.5) is 4.79 Å². The summed E-state index contributed by atoms with van der Waals surface area (Å²) < 4.78 is 13.7. The maximum Gasteiger partial charge on any atom is 0.510 e. The number of unbranched alkanes of at least 4 members (excludes halogenated alkanes) is 1. The Balaban J connectivity index is 3.32. The number of carbonyl (C=O) groups is 1. The van der Waals surface area contributed by atoms with E-state index in [1.807, 2.05) is 0 Å². The molecular weight excluding hydrogens is 160 g/mol. The lowest BCUT2D eigenvalue weighted by atomic mass is 10.4. The third kappa shape index (κ3) is 5.97. The summed E-state index contributed by atoms with van der Waals surface area (Å²) in [6.45, 7) is 4.27. The highest BCUT2D eigenvalue weighted by Crippen LogP contribution is 1.98. The second kappa shape index (κ2) is 6.91. The van der Waals surface area contributed by atoms with Crippen molar-refractivity contribution in [3.05, 3.63) is 7.11 Å². The van der Waals surface area contributed by atoms with Crippen molar-refractivity contribution in [1.29, 1.82) is 0 Å². The van der Waals surface area contributed by atoms with Crippen LogP contribution in [-0.2, 0) is 14.2 Å². The van der Waals surface area contributed by atoms with Crippen molar-refractivity contribution < 1.29 is 19.0 Å². The molecule has 0 saturated heterocycles. The van der Waals surface area contributed by atoms with Crippen molar-refractivity contribution in [2.45, 2.75) is 33.0 Å². The third-order valence-corrected chi connectivity index (χ3v) is 1.23. The van der Waals surface area contributed by atoms with E-state index < -0.39 is 12.4 Å². The van der Waals surface area contributed by atoms with Crippen molar-refractivity contribution >= 4 is 6.16 Å². The SMILES string of the molecule is [CH2]OC(=O)OC(C)OCCCC. The van der Waals surface area contributed by atoms with Crippen LogP contribution in [0.2, 0.25) is 0 Å². The number of hydrogen-bond acceptors (Lipinski definition) is 4. The monoisotopic (exact) mass is 175 g/mol.